The standard InChI is InChI=1S/C17H21NO.C13H22N4O3S.C10H16N6S/c1-18(2)13-14-19-17(15-9-5-3-6-10-15)16-11-7-4-8-12-16;1-14-13(9-17(18)19)15-6-7-21-10-12-5-4-11(20-12)8-16(2)3;1-8-9(16-7-15-8)5-17-4-3-13-10(12-2)14-6-11/h3-12,17H,13-14H2,1-2H3;4-5,9,14-15H,6-8,10H2,1-3H3;7H,3-5H2,1-2H3,(H,15,16)(H2,12,13,14)/b;13-9-;. The molecule has 0 bridgehead atoms. The van der Waals surface area contributed by atoms with Crippen LogP contribution in [-0.4, -0.2) is 111 Å². The van der Waals surface area contributed by atoms with Crippen LogP contribution < -0.4 is 21.3 Å². The molecule has 0 amide bonds. The summed E-state index contributed by atoms with van der Waals surface area (Å²) < 4.78 is 11.8. The number of aliphatic imine (C=N–C) groups is 1. The Labute approximate surface area is 346 Å². The number of likely N-dealkylation sites (N-methyl/N-ethyl adjacent to an activating group) is 1. The lowest BCUT2D eigenvalue weighted by atomic mass is 10.0. The van der Waals surface area contributed by atoms with E-state index in [0.717, 1.165) is 78.4 Å². The number of nitriles is 1. The minimum Gasteiger partial charge on any atom is -0.464 e. The van der Waals surface area contributed by atoms with Gasteiger partial charge in [-0.3, -0.25) is 20.4 Å². The molecule has 4 rings (SSSR count). The summed E-state index contributed by atoms with van der Waals surface area (Å²) in [5, 5.41) is 30.0. The zero-order chi connectivity index (χ0) is 41.7. The maximum absolute atomic E-state index is 10.3. The van der Waals surface area contributed by atoms with Crippen LogP contribution in [-0.2, 0) is 22.8 Å². The average molecular weight is 822 g/mol. The number of H-pyrrole nitrogens is 1. The Hall–Kier alpha value is -4.99. The number of aromatic nitrogens is 2. The number of hydrogen-bond donors (Lipinski definition) is 5. The zero-order valence-electron chi connectivity index (χ0n) is 34.2. The van der Waals surface area contributed by atoms with Crippen LogP contribution in [0.1, 0.15) is 40.1 Å². The number of imidazole rings is 1. The SMILES string of the molecule is CN(C)CCOC(c1ccccc1)c1ccccc1.CN/C(=C/[N+](=O)[O-])NCCSCc1ccc(CN(C)C)o1.CN=C(NC#N)NCCSCc1nc[nH]c1C. The van der Waals surface area contributed by atoms with E-state index in [1.807, 2.05) is 51.5 Å². The fourth-order valence-electron chi connectivity index (χ4n) is 4.80. The van der Waals surface area contributed by atoms with Crippen LogP contribution in [0, 0.1) is 28.5 Å². The van der Waals surface area contributed by atoms with Gasteiger partial charge in [-0.1, -0.05) is 60.7 Å². The fraction of sp³-hybridized carbons (Fsp3) is 0.425. The van der Waals surface area contributed by atoms with Gasteiger partial charge in [0.25, 0.3) is 6.20 Å². The van der Waals surface area contributed by atoms with Gasteiger partial charge in [-0.05, 0) is 58.4 Å². The summed E-state index contributed by atoms with van der Waals surface area (Å²) in [5.41, 5.74) is 4.61. The van der Waals surface area contributed by atoms with Crippen molar-refractivity contribution in [2.45, 2.75) is 31.1 Å². The van der Waals surface area contributed by atoms with Gasteiger partial charge in [-0.25, -0.2) is 4.98 Å². The number of guanidine groups is 1. The maximum Gasteiger partial charge on any atom is 0.274 e. The smallest absolute Gasteiger partial charge is 0.274 e. The first-order valence-electron chi connectivity index (χ1n) is 18.4. The first-order chi connectivity index (χ1) is 27.6. The quantitative estimate of drug-likeness (QED) is 0.0137. The molecule has 2 heterocycles. The molecule has 0 aliphatic rings. The highest BCUT2D eigenvalue weighted by molar-refractivity contribution is 7.98. The number of hydrogen-bond acceptors (Lipinski definition) is 13. The third-order valence-corrected chi connectivity index (χ3v) is 9.59. The van der Waals surface area contributed by atoms with Gasteiger partial charge in [0.05, 0.1) is 35.8 Å². The largest absolute Gasteiger partial charge is 0.464 e. The van der Waals surface area contributed by atoms with Gasteiger partial charge in [0.2, 0.25) is 5.96 Å². The second kappa shape index (κ2) is 29.3. The Morgan fingerprint density at radius 2 is 1.60 bits per heavy atom. The monoisotopic (exact) mass is 821 g/mol. The van der Waals surface area contributed by atoms with Crippen molar-refractivity contribution in [3.8, 4) is 6.19 Å². The van der Waals surface area contributed by atoms with Crippen LogP contribution in [0.3, 0.4) is 0 Å². The summed E-state index contributed by atoms with van der Waals surface area (Å²) in [4.78, 5) is 25.2. The summed E-state index contributed by atoms with van der Waals surface area (Å²) in [6.45, 7) is 5.87. The zero-order valence-corrected chi connectivity index (χ0v) is 35.8. The number of aromatic amines is 1. The molecule has 0 aliphatic carbocycles. The number of ether oxygens (including phenoxy) is 1. The minimum atomic E-state index is -0.485. The van der Waals surface area contributed by atoms with Gasteiger partial charge >= 0.3 is 0 Å². The lowest BCUT2D eigenvalue weighted by Gasteiger charge is -2.20. The number of nitro groups is 1. The molecule has 4 aromatic rings. The van der Waals surface area contributed by atoms with Crippen molar-refractivity contribution >= 4 is 29.5 Å². The van der Waals surface area contributed by atoms with Crippen molar-refractivity contribution in [3.05, 3.63) is 135 Å². The van der Waals surface area contributed by atoms with Crippen LogP contribution in [0.15, 0.2) is 101 Å². The summed E-state index contributed by atoms with van der Waals surface area (Å²) in [6.07, 6.45) is 4.47. The predicted octanol–water partition coefficient (Wildman–Crippen LogP) is 5.41. The third kappa shape index (κ3) is 21.8. The second-order valence-electron chi connectivity index (χ2n) is 12.8. The van der Waals surface area contributed by atoms with E-state index >= 15 is 0 Å². The summed E-state index contributed by atoms with van der Waals surface area (Å²) in [7, 11) is 11.4. The van der Waals surface area contributed by atoms with E-state index in [0.29, 0.717) is 18.3 Å². The lowest BCUT2D eigenvalue weighted by Crippen LogP contribution is -2.35. The van der Waals surface area contributed by atoms with Crippen molar-refractivity contribution in [2.24, 2.45) is 4.99 Å². The Balaban J connectivity index is 0.000000297. The molecule has 0 aliphatic heterocycles. The van der Waals surface area contributed by atoms with Gasteiger partial charge in [0.15, 0.2) is 12.0 Å². The highest BCUT2D eigenvalue weighted by Gasteiger charge is 2.14. The minimum absolute atomic E-state index is 0.0161. The van der Waals surface area contributed by atoms with Crippen molar-refractivity contribution in [1.82, 2.24) is 41.0 Å². The van der Waals surface area contributed by atoms with Crippen molar-refractivity contribution in [3.63, 3.8) is 0 Å². The number of benzene rings is 2. The normalized spacial score (nSPS) is 11.3. The molecule has 0 spiro atoms. The number of nitrogens with one attached hydrogen (secondary N) is 5. The second-order valence-corrected chi connectivity index (χ2v) is 15.0. The number of aryl methyl sites for hydroxylation is 1. The van der Waals surface area contributed by atoms with E-state index in [1.165, 1.54) is 11.1 Å². The van der Waals surface area contributed by atoms with E-state index in [1.54, 1.807) is 43.9 Å². The highest BCUT2D eigenvalue weighted by Crippen LogP contribution is 2.25. The number of furan rings is 1. The van der Waals surface area contributed by atoms with Gasteiger partial charge in [-0.2, -0.15) is 28.8 Å². The summed E-state index contributed by atoms with van der Waals surface area (Å²) in [5.74, 6) is 6.27. The topological polar surface area (TPSA) is 185 Å². The molecule has 2 aromatic heterocycles. The predicted molar refractivity (Wildman–Crippen MR) is 233 cm³/mol. The molecule has 0 fully saturated rings. The summed E-state index contributed by atoms with van der Waals surface area (Å²) >= 11 is 3.50. The molecule has 0 radical (unpaired) electrons. The molecule has 0 atom stereocenters. The Kier molecular flexibility index (Phi) is 24.7. The molecule has 5 N–H and O–H groups in total. The van der Waals surface area contributed by atoms with Crippen molar-refractivity contribution in [2.75, 3.05) is 80.0 Å². The third-order valence-electron chi connectivity index (χ3n) is 7.64. The maximum atomic E-state index is 10.3. The summed E-state index contributed by atoms with van der Waals surface area (Å²) in [6, 6.07) is 24.7. The van der Waals surface area contributed by atoms with E-state index < -0.39 is 4.92 Å². The number of rotatable bonds is 21. The molecular formula is C40H59N11O4S2. The molecule has 2 aromatic carbocycles. The number of thioether (sulfide) groups is 2. The van der Waals surface area contributed by atoms with Gasteiger partial charge < -0.3 is 39.9 Å². The van der Waals surface area contributed by atoms with Crippen LogP contribution in [0.4, 0.5) is 0 Å². The van der Waals surface area contributed by atoms with Crippen LogP contribution >= 0.6 is 23.5 Å². The van der Waals surface area contributed by atoms with E-state index in [-0.39, 0.29) is 6.10 Å². The van der Waals surface area contributed by atoms with Gasteiger partial charge in [0, 0.05) is 56.7 Å². The molecule has 310 valence electrons. The average Bonchev–Trinajstić information content (AvgIpc) is 3.83. The van der Waals surface area contributed by atoms with Crippen LogP contribution in [0.2, 0.25) is 0 Å². The molecule has 0 unspecified atom stereocenters. The molecule has 17 heteroatoms. The van der Waals surface area contributed by atoms with Gasteiger partial charge in [-0.15, -0.1) is 0 Å². The Morgan fingerprint density at radius 1 is 0.982 bits per heavy atom. The van der Waals surface area contributed by atoms with Gasteiger partial charge in [0.1, 0.15) is 17.6 Å². The molecule has 0 saturated heterocycles. The van der Waals surface area contributed by atoms with E-state index in [4.69, 9.17) is 14.4 Å². The molecular weight excluding hydrogens is 763 g/mol. The fourth-order valence-corrected chi connectivity index (χ4v) is 6.42. The van der Waals surface area contributed by atoms with E-state index in [2.05, 4.69) is 109 Å². The molecule has 15 nitrogen and oxygen atoms in total. The first kappa shape index (κ1) is 48.2. The first-order valence-corrected chi connectivity index (χ1v) is 20.7. The Bertz CT molecular complexity index is 1720. The van der Waals surface area contributed by atoms with Crippen LogP contribution in [0.25, 0.3) is 0 Å². The Morgan fingerprint density at radius 3 is 2.12 bits per heavy atom. The van der Waals surface area contributed by atoms with E-state index in [9.17, 15) is 10.1 Å². The van der Waals surface area contributed by atoms with Crippen molar-refractivity contribution < 1.29 is 14.1 Å². The molecule has 57 heavy (non-hydrogen) atoms. The number of nitrogens with zero attached hydrogens (tertiary/aromatic N) is 6. The van der Waals surface area contributed by atoms with Crippen LogP contribution in [0.5, 0.6) is 0 Å². The highest BCUT2D eigenvalue weighted by atomic mass is 32.2. The lowest BCUT2D eigenvalue weighted by molar-refractivity contribution is -0.404. The van der Waals surface area contributed by atoms with Crippen molar-refractivity contribution in [1.29, 1.82) is 5.26 Å². The molecule has 0 saturated carbocycles.